The van der Waals surface area contributed by atoms with Crippen LogP contribution >= 0.6 is 11.3 Å². The largest absolute Gasteiger partial charge is 0.481 e. The lowest BCUT2D eigenvalue weighted by Gasteiger charge is -2.19. The van der Waals surface area contributed by atoms with Gasteiger partial charge in [-0.05, 0) is 29.3 Å². The number of amides is 1. The Morgan fingerprint density at radius 3 is 2.41 bits per heavy atom. The molecule has 3 unspecified atom stereocenters. The van der Waals surface area contributed by atoms with Gasteiger partial charge in [0.15, 0.2) is 0 Å². The van der Waals surface area contributed by atoms with E-state index < -0.39 is 17.8 Å². The van der Waals surface area contributed by atoms with Crippen LogP contribution in [0, 0.1) is 11.8 Å². The SMILES string of the molecule is CC(NC(=O)C(C)C(C)C(=O)O)c1ccsc1. The fourth-order valence-corrected chi connectivity index (χ4v) is 2.14. The lowest BCUT2D eigenvalue weighted by Crippen LogP contribution is -2.36. The Bertz CT molecular complexity index is 388. The van der Waals surface area contributed by atoms with Crippen molar-refractivity contribution < 1.29 is 14.7 Å². The van der Waals surface area contributed by atoms with Crippen LogP contribution in [0.2, 0.25) is 0 Å². The summed E-state index contributed by atoms with van der Waals surface area (Å²) in [6, 6.07) is 1.86. The molecule has 94 valence electrons. The number of hydrogen-bond donors (Lipinski definition) is 2. The normalized spacial score (nSPS) is 15.9. The number of carboxylic acids is 1. The molecule has 0 saturated heterocycles. The van der Waals surface area contributed by atoms with Crippen molar-refractivity contribution in [2.45, 2.75) is 26.8 Å². The van der Waals surface area contributed by atoms with E-state index in [1.165, 1.54) is 0 Å². The van der Waals surface area contributed by atoms with Crippen LogP contribution in [0.5, 0.6) is 0 Å². The molecule has 2 N–H and O–H groups in total. The third kappa shape index (κ3) is 3.56. The van der Waals surface area contributed by atoms with E-state index in [1.807, 2.05) is 23.8 Å². The minimum Gasteiger partial charge on any atom is -0.481 e. The third-order valence-corrected chi connectivity index (χ3v) is 3.66. The monoisotopic (exact) mass is 255 g/mol. The van der Waals surface area contributed by atoms with Gasteiger partial charge in [0.1, 0.15) is 0 Å². The van der Waals surface area contributed by atoms with Gasteiger partial charge in [0.05, 0.1) is 12.0 Å². The Morgan fingerprint density at radius 2 is 1.94 bits per heavy atom. The summed E-state index contributed by atoms with van der Waals surface area (Å²) in [6.45, 7) is 5.06. The first-order valence-electron chi connectivity index (χ1n) is 5.48. The molecule has 4 nitrogen and oxygen atoms in total. The molecule has 1 amide bonds. The van der Waals surface area contributed by atoms with Gasteiger partial charge in [-0.2, -0.15) is 11.3 Å². The molecule has 3 atom stereocenters. The van der Waals surface area contributed by atoms with Gasteiger partial charge in [0.2, 0.25) is 5.91 Å². The van der Waals surface area contributed by atoms with Crippen LogP contribution in [-0.4, -0.2) is 17.0 Å². The Labute approximate surface area is 105 Å². The van der Waals surface area contributed by atoms with Gasteiger partial charge in [0, 0.05) is 5.92 Å². The average molecular weight is 255 g/mol. The Hall–Kier alpha value is -1.36. The number of carboxylic acid groups (broad SMARTS) is 1. The molecular formula is C12H17NO3S. The zero-order valence-corrected chi connectivity index (χ0v) is 11.0. The highest BCUT2D eigenvalue weighted by atomic mass is 32.1. The maximum atomic E-state index is 11.8. The number of carbonyl (C=O) groups is 2. The van der Waals surface area contributed by atoms with E-state index in [0.717, 1.165) is 5.56 Å². The number of carbonyl (C=O) groups excluding carboxylic acids is 1. The van der Waals surface area contributed by atoms with Crippen LogP contribution in [0.3, 0.4) is 0 Å². The van der Waals surface area contributed by atoms with E-state index in [4.69, 9.17) is 5.11 Å². The summed E-state index contributed by atoms with van der Waals surface area (Å²) in [7, 11) is 0. The van der Waals surface area contributed by atoms with Crippen molar-refractivity contribution in [3.63, 3.8) is 0 Å². The lowest BCUT2D eigenvalue weighted by atomic mass is 9.95. The highest BCUT2D eigenvalue weighted by molar-refractivity contribution is 7.07. The van der Waals surface area contributed by atoms with Crippen molar-refractivity contribution in [2.75, 3.05) is 0 Å². The molecule has 0 aromatic carbocycles. The van der Waals surface area contributed by atoms with Crippen LogP contribution < -0.4 is 5.32 Å². The Morgan fingerprint density at radius 1 is 1.29 bits per heavy atom. The average Bonchev–Trinajstić information content (AvgIpc) is 2.80. The second kappa shape index (κ2) is 5.82. The highest BCUT2D eigenvalue weighted by Crippen LogP contribution is 2.18. The van der Waals surface area contributed by atoms with Gasteiger partial charge in [-0.3, -0.25) is 9.59 Å². The van der Waals surface area contributed by atoms with E-state index in [0.29, 0.717) is 0 Å². The number of thiophene rings is 1. The minimum absolute atomic E-state index is 0.0859. The molecule has 5 heteroatoms. The predicted molar refractivity (Wildman–Crippen MR) is 66.8 cm³/mol. The summed E-state index contributed by atoms with van der Waals surface area (Å²) >= 11 is 1.57. The molecule has 0 aliphatic carbocycles. The number of aliphatic carboxylic acids is 1. The topological polar surface area (TPSA) is 66.4 Å². The maximum absolute atomic E-state index is 11.8. The molecule has 0 aliphatic rings. The molecule has 0 saturated carbocycles. The second-order valence-corrected chi connectivity index (χ2v) is 4.98. The molecular weight excluding hydrogens is 238 g/mol. The third-order valence-electron chi connectivity index (χ3n) is 2.96. The van der Waals surface area contributed by atoms with E-state index in [2.05, 4.69) is 5.32 Å². The van der Waals surface area contributed by atoms with E-state index in [-0.39, 0.29) is 11.9 Å². The van der Waals surface area contributed by atoms with Gasteiger partial charge in [-0.1, -0.05) is 13.8 Å². The summed E-state index contributed by atoms with van der Waals surface area (Å²) in [5, 5.41) is 15.6. The zero-order valence-electron chi connectivity index (χ0n) is 10.1. The predicted octanol–water partition coefficient (Wildman–Crippen LogP) is 2.28. The van der Waals surface area contributed by atoms with Crippen LogP contribution in [0.4, 0.5) is 0 Å². The van der Waals surface area contributed by atoms with Gasteiger partial charge >= 0.3 is 5.97 Å². The molecule has 1 aromatic rings. The minimum atomic E-state index is -0.948. The summed E-state index contributed by atoms with van der Waals surface area (Å²) in [4.78, 5) is 22.6. The number of hydrogen-bond acceptors (Lipinski definition) is 3. The van der Waals surface area contributed by atoms with Crippen LogP contribution in [-0.2, 0) is 9.59 Å². The number of rotatable bonds is 5. The quantitative estimate of drug-likeness (QED) is 0.848. The summed E-state index contributed by atoms with van der Waals surface area (Å²) in [6.07, 6.45) is 0. The van der Waals surface area contributed by atoms with Crippen molar-refractivity contribution in [3.8, 4) is 0 Å². The van der Waals surface area contributed by atoms with Crippen molar-refractivity contribution in [2.24, 2.45) is 11.8 Å². The van der Waals surface area contributed by atoms with Crippen LogP contribution in [0.25, 0.3) is 0 Å². The first kappa shape index (κ1) is 13.7. The smallest absolute Gasteiger partial charge is 0.307 e. The summed E-state index contributed by atoms with van der Waals surface area (Å²) in [5.41, 5.74) is 1.04. The molecule has 0 aliphatic heterocycles. The van der Waals surface area contributed by atoms with Gasteiger partial charge < -0.3 is 10.4 Å². The van der Waals surface area contributed by atoms with Gasteiger partial charge in [-0.25, -0.2) is 0 Å². The van der Waals surface area contributed by atoms with E-state index >= 15 is 0 Å². The molecule has 0 bridgehead atoms. The van der Waals surface area contributed by atoms with Gasteiger partial charge in [0.25, 0.3) is 0 Å². The van der Waals surface area contributed by atoms with Crippen molar-refractivity contribution in [1.29, 1.82) is 0 Å². The van der Waals surface area contributed by atoms with Gasteiger partial charge in [-0.15, -0.1) is 0 Å². The van der Waals surface area contributed by atoms with Crippen molar-refractivity contribution >= 4 is 23.2 Å². The molecule has 17 heavy (non-hydrogen) atoms. The second-order valence-electron chi connectivity index (χ2n) is 4.20. The van der Waals surface area contributed by atoms with E-state index in [9.17, 15) is 9.59 Å². The standard InChI is InChI=1S/C12H17NO3S/c1-7(8(2)12(15)16)11(14)13-9(3)10-4-5-17-6-10/h4-9H,1-3H3,(H,13,14)(H,15,16). The van der Waals surface area contributed by atoms with Crippen molar-refractivity contribution in [3.05, 3.63) is 22.4 Å². The van der Waals surface area contributed by atoms with E-state index in [1.54, 1.807) is 25.2 Å². The van der Waals surface area contributed by atoms with Crippen molar-refractivity contribution in [1.82, 2.24) is 5.32 Å². The molecule has 0 spiro atoms. The highest BCUT2D eigenvalue weighted by Gasteiger charge is 2.26. The fourth-order valence-electron chi connectivity index (χ4n) is 1.39. The molecule has 1 rings (SSSR count). The fraction of sp³-hybridized carbons (Fsp3) is 0.500. The molecule has 1 aromatic heterocycles. The first-order valence-corrected chi connectivity index (χ1v) is 6.43. The first-order chi connectivity index (χ1) is 7.93. The van der Waals surface area contributed by atoms with Crippen LogP contribution in [0.15, 0.2) is 16.8 Å². The molecule has 0 fully saturated rings. The lowest BCUT2D eigenvalue weighted by molar-refractivity contribution is -0.146. The molecule has 0 radical (unpaired) electrons. The zero-order chi connectivity index (χ0) is 13.0. The van der Waals surface area contributed by atoms with Crippen LogP contribution in [0.1, 0.15) is 32.4 Å². The number of nitrogens with one attached hydrogen (secondary N) is 1. The summed E-state index contributed by atoms with van der Waals surface area (Å²) < 4.78 is 0. The maximum Gasteiger partial charge on any atom is 0.307 e. The molecule has 1 heterocycles. The Kier molecular flexibility index (Phi) is 4.69. The Balaban J connectivity index is 2.57. The summed E-state index contributed by atoms with van der Waals surface area (Å²) in [5.74, 6) is -2.38.